The summed E-state index contributed by atoms with van der Waals surface area (Å²) in [5.74, 6) is 1.15. The molecule has 0 aliphatic heterocycles. The Labute approximate surface area is 78.1 Å². The maximum atomic E-state index is 11.2. The van der Waals surface area contributed by atoms with Crippen LogP contribution >= 0.6 is 11.8 Å². The molecule has 0 bridgehead atoms. The normalized spacial score (nSPS) is 9.92. The molecule has 0 radical (unpaired) electrons. The first-order valence-electron chi connectivity index (χ1n) is 4.06. The van der Waals surface area contributed by atoms with Crippen LogP contribution in [-0.4, -0.2) is 48.1 Å². The fourth-order valence-electron chi connectivity index (χ4n) is 0.833. The minimum absolute atomic E-state index is 0.0464. The molecular formula is C8H17NO2S. The Bertz CT molecular complexity index is 130. The van der Waals surface area contributed by atoms with E-state index in [1.807, 2.05) is 6.26 Å². The van der Waals surface area contributed by atoms with E-state index in [4.69, 9.17) is 5.11 Å². The number of rotatable bonds is 6. The predicted octanol–water partition coefficient (Wildman–Crippen LogP) is 0.580. The summed E-state index contributed by atoms with van der Waals surface area (Å²) in [7, 11) is 1.72. The van der Waals surface area contributed by atoms with Crippen molar-refractivity contribution >= 4 is 17.7 Å². The molecule has 0 saturated heterocycles. The molecule has 3 nitrogen and oxygen atoms in total. The van der Waals surface area contributed by atoms with Gasteiger partial charge in [0.1, 0.15) is 0 Å². The fraction of sp³-hybridized carbons (Fsp3) is 0.875. The van der Waals surface area contributed by atoms with Gasteiger partial charge in [-0.15, -0.1) is 0 Å². The summed E-state index contributed by atoms with van der Waals surface area (Å²) in [5, 5.41) is 8.56. The van der Waals surface area contributed by atoms with Gasteiger partial charge in [0, 0.05) is 20.0 Å². The third-order valence-corrected chi connectivity index (χ3v) is 2.30. The molecule has 0 aromatic heterocycles. The van der Waals surface area contributed by atoms with Gasteiger partial charge in [0.05, 0.1) is 6.61 Å². The van der Waals surface area contributed by atoms with E-state index in [1.54, 1.807) is 23.7 Å². The lowest BCUT2D eigenvalue weighted by Crippen LogP contribution is -2.29. The van der Waals surface area contributed by atoms with Crippen LogP contribution in [0.3, 0.4) is 0 Å². The molecule has 0 heterocycles. The first kappa shape index (κ1) is 11.8. The minimum Gasteiger partial charge on any atom is -0.395 e. The van der Waals surface area contributed by atoms with E-state index in [2.05, 4.69) is 0 Å². The van der Waals surface area contributed by atoms with Crippen molar-refractivity contribution < 1.29 is 9.90 Å². The van der Waals surface area contributed by atoms with Crippen molar-refractivity contribution in [2.75, 3.05) is 32.2 Å². The lowest BCUT2D eigenvalue weighted by molar-refractivity contribution is -0.130. The fourth-order valence-corrected chi connectivity index (χ4v) is 1.27. The van der Waals surface area contributed by atoms with Crippen LogP contribution in [0.1, 0.15) is 12.8 Å². The summed E-state index contributed by atoms with van der Waals surface area (Å²) in [6, 6.07) is 0. The number of likely N-dealkylation sites (N-methyl/N-ethyl adjacent to an activating group) is 1. The smallest absolute Gasteiger partial charge is 0.222 e. The van der Waals surface area contributed by atoms with E-state index in [9.17, 15) is 4.79 Å². The number of aliphatic hydroxyl groups is 1. The van der Waals surface area contributed by atoms with E-state index in [0.717, 1.165) is 12.2 Å². The topological polar surface area (TPSA) is 40.5 Å². The summed E-state index contributed by atoms with van der Waals surface area (Å²) in [6.07, 6.45) is 3.55. The molecule has 0 aliphatic carbocycles. The quantitative estimate of drug-likeness (QED) is 0.624. The van der Waals surface area contributed by atoms with Gasteiger partial charge < -0.3 is 10.0 Å². The molecule has 0 aromatic rings. The molecule has 0 spiro atoms. The number of carbonyl (C=O) groups is 1. The highest BCUT2D eigenvalue weighted by molar-refractivity contribution is 7.98. The Hall–Kier alpha value is -0.220. The van der Waals surface area contributed by atoms with Crippen molar-refractivity contribution in [3.8, 4) is 0 Å². The standard InChI is InChI=1S/C8H17NO2S/c1-9(5-6-10)8(11)4-3-7-12-2/h10H,3-7H2,1-2H3. The second kappa shape index (κ2) is 7.43. The van der Waals surface area contributed by atoms with E-state index < -0.39 is 0 Å². The average molecular weight is 191 g/mol. The highest BCUT2D eigenvalue weighted by atomic mass is 32.2. The summed E-state index contributed by atoms with van der Waals surface area (Å²) in [4.78, 5) is 12.8. The maximum absolute atomic E-state index is 11.2. The molecule has 0 aliphatic rings. The zero-order valence-electron chi connectivity index (χ0n) is 7.75. The van der Waals surface area contributed by atoms with Crippen molar-refractivity contribution in [1.29, 1.82) is 0 Å². The Balaban J connectivity index is 3.43. The van der Waals surface area contributed by atoms with Crippen molar-refractivity contribution in [3.63, 3.8) is 0 Å². The van der Waals surface area contributed by atoms with Crippen LogP contribution in [0.5, 0.6) is 0 Å². The Kier molecular flexibility index (Phi) is 7.29. The van der Waals surface area contributed by atoms with Crippen LogP contribution in [0.2, 0.25) is 0 Å². The maximum Gasteiger partial charge on any atom is 0.222 e. The number of hydrogen-bond acceptors (Lipinski definition) is 3. The summed E-state index contributed by atoms with van der Waals surface area (Å²) in [6.45, 7) is 0.489. The second-order valence-corrected chi connectivity index (χ2v) is 3.62. The monoisotopic (exact) mass is 191 g/mol. The predicted molar refractivity (Wildman–Crippen MR) is 52.3 cm³/mol. The van der Waals surface area contributed by atoms with E-state index in [1.165, 1.54) is 0 Å². The van der Waals surface area contributed by atoms with Gasteiger partial charge in [-0.05, 0) is 18.4 Å². The largest absolute Gasteiger partial charge is 0.395 e. The molecule has 0 rings (SSSR count). The van der Waals surface area contributed by atoms with Crippen molar-refractivity contribution in [2.24, 2.45) is 0 Å². The molecule has 12 heavy (non-hydrogen) atoms. The molecule has 0 aromatic carbocycles. The lowest BCUT2D eigenvalue weighted by atomic mass is 10.3. The minimum atomic E-state index is 0.0464. The summed E-state index contributed by atoms with van der Waals surface area (Å²) in [5.41, 5.74) is 0. The van der Waals surface area contributed by atoms with Crippen molar-refractivity contribution in [3.05, 3.63) is 0 Å². The SMILES string of the molecule is CSCCCC(=O)N(C)CCO. The number of thioether (sulfide) groups is 1. The van der Waals surface area contributed by atoms with Crippen molar-refractivity contribution in [1.82, 2.24) is 4.90 Å². The van der Waals surface area contributed by atoms with Gasteiger partial charge in [-0.1, -0.05) is 0 Å². The number of nitrogens with zero attached hydrogens (tertiary/aromatic N) is 1. The van der Waals surface area contributed by atoms with Crippen LogP contribution in [0.25, 0.3) is 0 Å². The third-order valence-electron chi connectivity index (χ3n) is 1.60. The lowest BCUT2D eigenvalue weighted by Gasteiger charge is -2.14. The van der Waals surface area contributed by atoms with Gasteiger partial charge in [0.25, 0.3) is 0 Å². The molecule has 0 atom stereocenters. The number of hydrogen-bond donors (Lipinski definition) is 1. The highest BCUT2D eigenvalue weighted by Gasteiger charge is 2.06. The second-order valence-electron chi connectivity index (χ2n) is 2.64. The van der Waals surface area contributed by atoms with Crippen molar-refractivity contribution in [2.45, 2.75) is 12.8 Å². The van der Waals surface area contributed by atoms with E-state index in [0.29, 0.717) is 13.0 Å². The molecule has 0 fully saturated rings. The van der Waals surface area contributed by atoms with Crippen LogP contribution in [0.15, 0.2) is 0 Å². The number of aliphatic hydroxyl groups excluding tert-OH is 1. The molecule has 0 unspecified atom stereocenters. The zero-order valence-corrected chi connectivity index (χ0v) is 8.56. The molecule has 1 amide bonds. The molecule has 0 saturated carbocycles. The Morgan fingerprint density at radius 1 is 1.58 bits per heavy atom. The van der Waals surface area contributed by atoms with Crippen LogP contribution in [0, 0.1) is 0 Å². The Morgan fingerprint density at radius 2 is 2.25 bits per heavy atom. The molecule has 72 valence electrons. The van der Waals surface area contributed by atoms with Crippen LogP contribution in [0.4, 0.5) is 0 Å². The van der Waals surface area contributed by atoms with E-state index >= 15 is 0 Å². The van der Waals surface area contributed by atoms with Crippen LogP contribution < -0.4 is 0 Å². The first-order chi connectivity index (χ1) is 5.72. The van der Waals surface area contributed by atoms with Gasteiger partial charge in [-0.3, -0.25) is 4.79 Å². The molecule has 1 N–H and O–H groups in total. The molecule has 4 heteroatoms. The molecular weight excluding hydrogens is 174 g/mol. The van der Waals surface area contributed by atoms with E-state index in [-0.39, 0.29) is 12.5 Å². The third kappa shape index (κ3) is 5.43. The zero-order chi connectivity index (χ0) is 9.40. The Morgan fingerprint density at radius 3 is 2.75 bits per heavy atom. The van der Waals surface area contributed by atoms with Gasteiger partial charge in [-0.25, -0.2) is 0 Å². The van der Waals surface area contributed by atoms with Gasteiger partial charge >= 0.3 is 0 Å². The average Bonchev–Trinajstić information content (AvgIpc) is 2.05. The number of carbonyl (C=O) groups excluding carboxylic acids is 1. The summed E-state index contributed by atoms with van der Waals surface area (Å²) < 4.78 is 0. The van der Waals surface area contributed by atoms with Crippen LogP contribution in [-0.2, 0) is 4.79 Å². The highest BCUT2D eigenvalue weighted by Crippen LogP contribution is 2.01. The number of amides is 1. The van der Waals surface area contributed by atoms with Gasteiger partial charge in [0.2, 0.25) is 5.91 Å². The summed E-state index contributed by atoms with van der Waals surface area (Å²) >= 11 is 1.75. The first-order valence-corrected chi connectivity index (χ1v) is 5.45. The van der Waals surface area contributed by atoms with Gasteiger partial charge in [0.15, 0.2) is 0 Å². The van der Waals surface area contributed by atoms with Gasteiger partial charge in [-0.2, -0.15) is 11.8 Å².